The number of nitrogens with one attached hydrogen (secondary N) is 1. The fourth-order valence-electron chi connectivity index (χ4n) is 3.21. The Labute approximate surface area is 166 Å². The van der Waals surface area contributed by atoms with E-state index in [-0.39, 0.29) is 23.0 Å². The maximum absolute atomic E-state index is 12.9. The molecule has 1 saturated heterocycles. The van der Waals surface area contributed by atoms with Gasteiger partial charge in [0, 0.05) is 26.3 Å². The van der Waals surface area contributed by atoms with Gasteiger partial charge in [-0.25, -0.2) is 8.42 Å². The Morgan fingerprint density at radius 1 is 1.30 bits per heavy atom. The van der Waals surface area contributed by atoms with Crippen LogP contribution in [0.25, 0.3) is 0 Å². The van der Waals surface area contributed by atoms with Crippen LogP contribution < -0.4 is 11.1 Å². The lowest BCUT2D eigenvalue weighted by Crippen LogP contribution is -2.38. The van der Waals surface area contributed by atoms with Gasteiger partial charge in [-0.2, -0.15) is 4.31 Å². The second kappa shape index (κ2) is 8.33. The highest BCUT2D eigenvalue weighted by Crippen LogP contribution is 2.25. The van der Waals surface area contributed by atoms with Crippen molar-refractivity contribution in [2.24, 2.45) is 13.0 Å². The van der Waals surface area contributed by atoms with Crippen molar-refractivity contribution in [3.63, 3.8) is 0 Å². The lowest BCUT2D eigenvalue weighted by molar-refractivity contribution is 0.101. The Hall–Kier alpha value is -2.03. The summed E-state index contributed by atoms with van der Waals surface area (Å²) >= 11 is 0. The molecule has 3 N–H and O–H groups in total. The normalized spacial score (nSPS) is 17.9. The van der Waals surface area contributed by atoms with Crippen molar-refractivity contribution in [2.75, 3.05) is 24.1 Å². The molecule has 0 saturated carbocycles. The second-order valence-electron chi connectivity index (χ2n) is 6.82. The van der Waals surface area contributed by atoms with E-state index in [4.69, 9.17) is 5.73 Å². The average Bonchev–Trinajstić information content (AvgIpc) is 2.99. The molecular formula is C18H25ClN4O3S. The van der Waals surface area contributed by atoms with Crippen molar-refractivity contribution in [1.29, 1.82) is 0 Å². The fourth-order valence-corrected chi connectivity index (χ4v) is 4.88. The largest absolute Gasteiger partial charge is 0.397 e. The molecule has 1 aliphatic rings. The first kappa shape index (κ1) is 21.3. The standard InChI is InChI=1S/C18H24N4O3S.ClH/c1-13-6-5-9-22(11-13)26(24,25)14-10-17(21(2)12-14)18(23)20-16-8-4-3-7-15(16)19;/h3-4,7-8,10,12-13H,5-6,9,11,19H2,1-2H3,(H,20,23);1H. The molecular weight excluding hydrogens is 388 g/mol. The van der Waals surface area contributed by atoms with Crippen LogP contribution in [0.2, 0.25) is 0 Å². The van der Waals surface area contributed by atoms with E-state index in [2.05, 4.69) is 12.2 Å². The zero-order valence-corrected chi connectivity index (χ0v) is 17.0. The molecule has 1 unspecified atom stereocenters. The van der Waals surface area contributed by atoms with Crippen LogP contribution in [0.5, 0.6) is 0 Å². The first-order valence-electron chi connectivity index (χ1n) is 8.61. The van der Waals surface area contributed by atoms with E-state index in [1.54, 1.807) is 31.3 Å². The van der Waals surface area contributed by atoms with Gasteiger partial charge in [-0.15, -0.1) is 12.4 Å². The van der Waals surface area contributed by atoms with Gasteiger partial charge in [-0.05, 0) is 37.0 Å². The quantitative estimate of drug-likeness (QED) is 0.754. The summed E-state index contributed by atoms with van der Waals surface area (Å²) in [5.41, 5.74) is 7.05. The van der Waals surface area contributed by atoms with Crippen molar-refractivity contribution < 1.29 is 13.2 Å². The summed E-state index contributed by atoms with van der Waals surface area (Å²) in [6, 6.07) is 8.35. The second-order valence-corrected chi connectivity index (χ2v) is 8.76. The molecule has 7 nitrogen and oxygen atoms in total. The maximum Gasteiger partial charge on any atom is 0.272 e. The van der Waals surface area contributed by atoms with Crippen molar-refractivity contribution in [2.45, 2.75) is 24.7 Å². The lowest BCUT2D eigenvalue weighted by Gasteiger charge is -2.29. The van der Waals surface area contributed by atoms with Gasteiger partial charge >= 0.3 is 0 Å². The minimum Gasteiger partial charge on any atom is -0.397 e. The molecule has 0 radical (unpaired) electrons. The number of sulfonamides is 1. The van der Waals surface area contributed by atoms with Crippen molar-refractivity contribution in [3.8, 4) is 0 Å². The average molecular weight is 413 g/mol. The zero-order chi connectivity index (χ0) is 18.9. The predicted octanol–water partition coefficient (Wildman–Crippen LogP) is 2.70. The topological polar surface area (TPSA) is 97.4 Å². The monoisotopic (exact) mass is 412 g/mol. The molecule has 1 amide bonds. The van der Waals surface area contributed by atoms with E-state index < -0.39 is 15.9 Å². The van der Waals surface area contributed by atoms with Gasteiger partial charge in [0.05, 0.1) is 11.4 Å². The fraction of sp³-hybridized carbons (Fsp3) is 0.389. The molecule has 1 fully saturated rings. The first-order chi connectivity index (χ1) is 12.3. The smallest absolute Gasteiger partial charge is 0.272 e. The molecule has 27 heavy (non-hydrogen) atoms. The van der Waals surface area contributed by atoms with E-state index in [0.29, 0.717) is 30.4 Å². The Morgan fingerprint density at radius 3 is 2.67 bits per heavy atom. The Kier molecular flexibility index (Phi) is 6.56. The van der Waals surface area contributed by atoms with Crippen molar-refractivity contribution >= 4 is 39.7 Å². The highest BCUT2D eigenvalue weighted by atomic mass is 35.5. The van der Waals surface area contributed by atoms with Crippen LogP contribution in [-0.4, -0.2) is 36.3 Å². The summed E-state index contributed by atoms with van der Waals surface area (Å²) in [4.78, 5) is 12.7. The Balaban J connectivity index is 0.00000261. The highest BCUT2D eigenvalue weighted by Gasteiger charge is 2.30. The summed E-state index contributed by atoms with van der Waals surface area (Å²) in [7, 11) is -1.95. The van der Waals surface area contributed by atoms with Crippen LogP contribution in [0.4, 0.5) is 11.4 Å². The van der Waals surface area contributed by atoms with Crippen LogP contribution in [-0.2, 0) is 17.1 Å². The zero-order valence-electron chi connectivity index (χ0n) is 15.4. The number of nitrogens with two attached hydrogens (primary N) is 1. The number of para-hydroxylation sites is 2. The van der Waals surface area contributed by atoms with Gasteiger partial charge in [0.2, 0.25) is 10.0 Å². The van der Waals surface area contributed by atoms with Gasteiger partial charge in [0.25, 0.3) is 5.91 Å². The van der Waals surface area contributed by atoms with Gasteiger partial charge in [0.1, 0.15) is 10.6 Å². The van der Waals surface area contributed by atoms with E-state index in [0.717, 1.165) is 12.8 Å². The van der Waals surface area contributed by atoms with Crippen LogP contribution >= 0.6 is 12.4 Å². The van der Waals surface area contributed by atoms with Crippen LogP contribution in [0.1, 0.15) is 30.3 Å². The lowest BCUT2D eigenvalue weighted by atomic mass is 10.0. The van der Waals surface area contributed by atoms with E-state index >= 15 is 0 Å². The number of amides is 1. The number of aromatic nitrogens is 1. The maximum atomic E-state index is 12.9. The molecule has 9 heteroatoms. The number of benzene rings is 1. The molecule has 1 atom stereocenters. The summed E-state index contributed by atoms with van der Waals surface area (Å²) < 4.78 is 28.8. The molecule has 2 aromatic rings. The first-order valence-corrected chi connectivity index (χ1v) is 10.1. The minimum atomic E-state index is -3.60. The third kappa shape index (κ3) is 4.45. The van der Waals surface area contributed by atoms with Crippen LogP contribution in [0.15, 0.2) is 41.4 Å². The summed E-state index contributed by atoms with van der Waals surface area (Å²) in [5.74, 6) is -0.0649. The van der Waals surface area contributed by atoms with Crippen LogP contribution in [0.3, 0.4) is 0 Å². The molecule has 1 aromatic carbocycles. The number of nitrogens with zero attached hydrogens (tertiary/aromatic N) is 2. The highest BCUT2D eigenvalue weighted by molar-refractivity contribution is 7.89. The van der Waals surface area contributed by atoms with E-state index in [1.165, 1.54) is 21.1 Å². The van der Waals surface area contributed by atoms with E-state index in [1.807, 2.05) is 0 Å². The number of halogens is 1. The summed E-state index contributed by atoms with van der Waals surface area (Å²) in [6.45, 7) is 3.08. The van der Waals surface area contributed by atoms with Gasteiger partial charge in [-0.3, -0.25) is 4.79 Å². The molecule has 3 rings (SSSR count). The molecule has 0 aliphatic carbocycles. The molecule has 1 aliphatic heterocycles. The molecule has 0 bridgehead atoms. The number of anilines is 2. The van der Waals surface area contributed by atoms with E-state index in [9.17, 15) is 13.2 Å². The van der Waals surface area contributed by atoms with Crippen LogP contribution in [0, 0.1) is 5.92 Å². The SMILES string of the molecule is CC1CCCN(S(=O)(=O)c2cc(C(=O)Nc3ccccc3N)n(C)c2)C1.Cl. The van der Waals surface area contributed by atoms with Gasteiger partial charge < -0.3 is 15.6 Å². The van der Waals surface area contributed by atoms with Gasteiger partial charge in [-0.1, -0.05) is 19.1 Å². The number of carbonyl (C=O) groups excluding carboxylic acids is 1. The van der Waals surface area contributed by atoms with Gasteiger partial charge in [0.15, 0.2) is 0 Å². The molecule has 148 valence electrons. The Morgan fingerprint density at radius 2 is 2.00 bits per heavy atom. The number of piperidine rings is 1. The number of rotatable bonds is 4. The summed E-state index contributed by atoms with van der Waals surface area (Å²) in [6.07, 6.45) is 3.37. The minimum absolute atomic E-state index is 0. The predicted molar refractivity (Wildman–Crippen MR) is 109 cm³/mol. The number of hydrogen-bond donors (Lipinski definition) is 2. The number of nitrogen functional groups attached to an aromatic ring is 1. The summed E-state index contributed by atoms with van der Waals surface area (Å²) in [5, 5.41) is 2.73. The number of carbonyl (C=O) groups is 1. The third-order valence-electron chi connectivity index (χ3n) is 4.68. The number of aryl methyl sites for hydroxylation is 1. The third-order valence-corrected chi connectivity index (χ3v) is 6.51. The molecule has 2 heterocycles. The van der Waals surface area contributed by atoms with Crippen molar-refractivity contribution in [1.82, 2.24) is 8.87 Å². The Bertz CT molecular complexity index is 926. The number of hydrogen-bond acceptors (Lipinski definition) is 4. The molecule has 0 spiro atoms. The molecule has 1 aromatic heterocycles. The van der Waals surface area contributed by atoms with Crippen molar-refractivity contribution in [3.05, 3.63) is 42.2 Å².